The average molecular weight is 521 g/mol. The van der Waals surface area contributed by atoms with Gasteiger partial charge in [0.2, 0.25) is 0 Å². The third-order valence-electron chi connectivity index (χ3n) is 7.48. The summed E-state index contributed by atoms with van der Waals surface area (Å²) in [6.07, 6.45) is 15.0. The maximum Gasteiger partial charge on any atom is 0.127 e. The van der Waals surface area contributed by atoms with Crippen molar-refractivity contribution in [1.29, 1.82) is 0 Å². The molecule has 3 aliphatic rings. The van der Waals surface area contributed by atoms with E-state index in [1.807, 2.05) is 24.5 Å². The Hall–Kier alpha value is -2.05. The standard InChI is InChI=1S/C30H33ClN2O2S/c31-28-13-12-24(36-33-22-6-2-1-3-7-22)18-21(28)20-34-30(15-16-30)27-19-32-17-14-25(27)26-8-4-5-9-29(26)35-23-10-11-23/h4-5,8-9,12-14,17-19,22-23,33H,1-3,6-7,10-11,15-16,20H2. The van der Waals surface area contributed by atoms with Crippen molar-refractivity contribution in [2.45, 2.75) is 87.0 Å². The van der Waals surface area contributed by atoms with Gasteiger partial charge in [0.1, 0.15) is 5.75 Å². The van der Waals surface area contributed by atoms with Gasteiger partial charge in [0.05, 0.1) is 18.3 Å². The second-order valence-electron chi connectivity index (χ2n) is 10.3. The van der Waals surface area contributed by atoms with Crippen LogP contribution in [0.15, 0.2) is 65.8 Å². The summed E-state index contributed by atoms with van der Waals surface area (Å²) in [6.45, 7) is 0.477. The quantitative estimate of drug-likeness (QED) is 0.274. The Balaban J connectivity index is 1.18. The van der Waals surface area contributed by atoms with Crippen molar-refractivity contribution < 1.29 is 9.47 Å². The van der Waals surface area contributed by atoms with Crippen LogP contribution in [0.5, 0.6) is 5.75 Å². The molecule has 1 heterocycles. The largest absolute Gasteiger partial charge is 0.490 e. The lowest BCUT2D eigenvalue weighted by molar-refractivity contribution is 0.0173. The molecule has 0 radical (unpaired) electrons. The third kappa shape index (κ3) is 5.60. The number of pyridine rings is 1. The Bertz CT molecular complexity index is 1210. The van der Waals surface area contributed by atoms with Crippen LogP contribution in [0.3, 0.4) is 0 Å². The van der Waals surface area contributed by atoms with E-state index in [0.717, 1.165) is 58.7 Å². The van der Waals surface area contributed by atoms with Crippen molar-refractivity contribution >= 4 is 23.5 Å². The SMILES string of the molecule is Clc1ccc(SNC2CCCCC2)cc1COC1(c2cnccc2-c2ccccc2OC2CC2)CC1. The van der Waals surface area contributed by atoms with Gasteiger partial charge in [-0.2, -0.15) is 0 Å². The molecule has 1 aromatic heterocycles. The monoisotopic (exact) mass is 520 g/mol. The molecule has 3 fully saturated rings. The molecule has 188 valence electrons. The molecule has 3 aromatic rings. The van der Waals surface area contributed by atoms with Gasteiger partial charge in [-0.25, -0.2) is 0 Å². The number of nitrogens with zero attached hydrogens (tertiary/aromatic N) is 1. The minimum absolute atomic E-state index is 0.330. The van der Waals surface area contributed by atoms with Gasteiger partial charge in [0, 0.05) is 39.5 Å². The number of halogens is 1. The molecule has 0 amide bonds. The highest BCUT2D eigenvalue weighted by Crippen LogP contribution is 2.53. The molecule has 4 nitrogen and oxygen atoms in total. The Kier molecular flexibility index (Phi) is 7.25. The number of para-hydroxylation sites is 1. The van der Waals surface area contributed by atoms with Gasteiger partial charge in [-0.15, -0.1) is 0 Å². The molecule has 0 spiro atoms. The predicted molar refractivity (Wildman–Crippen MR) is 146 cm³/mol. The Morgan fingerprint density at radius 2 is 1.81 bits per heavy atom. The minimum atomic E-state index is -0.330. The summed E-state index contributed by atoms with van der Waals surface area (Å²) in [4.78, 5) is 5.66. The van der Waals surface area contributed by atoms with Crippen LogP contribution >= 0.6 is 23.5 Å². The zero-order valence-electron chi connectivity index (χ0n) is 20.5. The number of hydrogen-bond donors (Lipinski definition) is 1. The van der Waals surface area contributed by atoms with E-state index in [1.54, 1.807) is 11.9 Å². The Labute approximate surface area is 223 Å². The zero-order chi connectivity index (χ0) is 24.4. The van der Waals surface area contributed by atoms with Gasteiger partial charge in [0.25, 0.3) is 0 Å². The van der Waals surface area contributed by atoms with Gasteiger partial charge in [-0.1, -0.05) is 49.1 Å². The first-order valence-electron chi connectivity index (χ1n) is 13.3. The highest BCUT2D eigenvalue weighted by Gasteiger charge is 2.47. The van der Waals surface area contributed by atoms with Crippen LogP contribution in [-0.2, 0) is 16.9 Å². The molecule has 6 heteroatoms. The van der Waals surface area contributed by atoms with Crippen molar-refractivity contribution in [3.05, 3.63) is 77.1 Å². The summed E-state index contributed by atoms with van der Waals surface area (Å²) in [5.41, 5.74) is 4.09. The van der Waals surface area contributed by atoms with Gasteiger partial charge in [-0.05, 0) is 91.9 Å². The van der Waals surface area contributed by atoms with Gasteiger partial charge in [0.15, 0.2) is 0 Å². The predicted octanol–water partition coefficient (Wildman–Crippen LogP) is 8.08. The lowest BCUT2D eigenvalue weighted by atomic mass is 9.96. The van der Waals surface area contributed by atoms with Crippen LogP contribution in [0.4, 0.5) is 0 Å². The fourth-order valence-corrected chi connectivity index (χ4v) is 6.12. The second-order valence-corrected chi connectivity index (χ2v) is 11.6. The third-order valence-corrected chi connectivity index (χ3v) is 8.79. The molecule has 0 aliphatic heterocycles. The van der Waals surface area contributed by atoms with E-state index in [0.29, 0.717) is 18.8 Å². The van der Waals surface area contributed by atoms with Crippen LogP contribution < -0.4 is 9.46 Å². The summed E-state index contributed by atoms with van der Waals surface area (Å²) >= 11 is 8.32. The first-order chi connectivity index (χ1) is 17.7. The minimum Gasteiger partial charge on any atom is -0.490 e. The van der Waals surface area contributed by atoms with E-state index in [2.05, 4.69) is 46.1 Å². The number of ether oxygens (including phenoxy) is 2. The van der Waals surface area contributed by atoms with Crippen molar-refractivity contribution in [3.63, 3.8) is 0 Å². The first-order valence-corrected chi connectivity index (χ1v) is 14.4. The van der Waals surface area contributed by atoms with Crippen LogP contribution in [0.1, 0.15) is 68.9 Å². The van der Waals surface area contributed by atoms with Gasteiger partial charge in [-0.3, -0.25) is 9.71 Å². The molecule has 0 atom stereocenters. The van der Waals surface area contributed by atoms with E-state index < -0.39 is 0 Å². The number of aromatic nitrogens is 1. The highest BCUT2D eigenvalue weighted by atomic mass is 35.5. The first kappa shape index (κ1) is 24.3. The van der Waals surface area contributed by atoms with Crippen LogP contribution in [-0.4, -0.2) is 17.1 Å². The summed E-state index contributed by atoms with van der Waals surface area (Å²) < 4.78 is 16.5. The topological polar surface area (TPSA) is 43.4 Å². The Morgan fingerprint density at radius 3 is 2.61 bits per heavy atom. The number of hydrogen-bond acceptors (Lipinski definition) is 5. The fraction of sp³-hybridized carbons (Fsp3) is 0.433. The normalized spacial score (nSPS) is 19.2. The molecular weight excluding hydrogens is 488 g/mol. The van der Waals surface area contributed by atoms with Crippen molar-refractivity contribution in [2.24, 2.45) is 0 Å². The number of rotatable bonds is 10. The van der Waals surface area contributed by atoms with Gasteiger partial charge < -0.3 is 9.47 Å². The number of benzene rings is 2. The molecule has 36 heavy (non-hydrogen) atoms. The van der Waals surface area contributed by atoms with Crippen LogP contribution in [0, 0.1) is 0 Å². The molecule has 0 unspecified atom stereocenters. The van der Waals surface area contributed by atoms with Crippen LogP contribution in [0.25, 0.3) is 11.1 Å². The van der Waals surface area contributed by atoms with E-state index >= 15 is 0 Å². The van der Waals surface area contributed by atoms with Crippen molar-refractivity contribution in [2.75, 3.05) is 0 Å². The lowest BCUT2D eigenvalue weighted by Gasteiger charge is -2.23. The lowest BCUT2D eigenvalue weighted by Crippen LogP contribution is -2.25. The number of nitrogens with one attached hydrogen (secondary N) is 1. The maximum absolute atomic E-state index is 6.64. The molecule has 0 saturated heterocycles. The highest BCUT2D eigenvalue weighted by molar-refractivity contribution is 7.97. The van der Waals surface area contributed by atoms with E-state index in [-0.39, 0.29) is 5.60 Å². The molecule has 3 aliphatic carbocycles. The van der Waals surface area contributed by atoms with E-state index in [4.69, 9.17) is 21.1 Å². The molecule has 3 saturated carbocycles. The Morgan fingerprint density at radius 1 is 0.972 bits per heavy atom. The maximum atomic E-state index is 6.64. The molecular formula is C30H33ClN2O2S. The van der Waals surface area contributed by atoms with E-state index in [9.17, 15) is 0 Å². The molecule has 0 bridgehead atoms. The smallest absolute Gasteiger partial charge is 0.127 e. The summed E-state index contributed by atoms with van der Waals surface area (Å²) in [6, 6.07) is 17.3. The van der Waals surface area contributed by atoms with Gasteiger partial charge >= 0.3 is 0 Å². The van der Waals surface area contributed by atoms with Crippen molar-refractivity contribution in [3.8, 4) is 16.9 Å². The summed E-state index contributed by atoms with van der Waals surface area (Å²) in [7, 11) is 0. The average Bonchev–Trinajstić information content (AvgIpc) is 3.86. The van der Waals surface area contributed by atoms with Crippen LogP contribution in [0.2, 0.25) is 5.02 Å². The van der Waals surface area contributed by atoms with Crippen molar-refractivity contribution in [1.82, 2.24) is 9.71 Å². The summed E-state index contributed by atoms with van der Waals surface area (Å²) in [5, 5.41) is 0.752. The molecule has 6 rings (SSSR count). The summed E-state index contributed by atoms with van der Waals surface area (Å²) in [5.74, 6) is 0.946. The zero-order valence-corrected chi connectivity index (χ0v) is 22.1. The van der Waals surface area contributed by atoms with E-state index in [1.165, 1.54) is 37.0 Å². The molecule has 2 aromatic carbocycles. The fourth-order valence-electron chi connectivity index (χ4n) is 5.07. The molecule has 1 N–H and O–H groups in total. The second kappa shape index (κ2) is 10.7.